The van der Waals surface area contributed by atoms with Crippen LogP contribution in [0.15, 0.2) is 24.3 Å². The molecule has 0 aliphatic rings. The van der Waals surface area contributed by atoms with Gasteiger partial charge in [-0.2, -0.15) is 4.89 Å². The Bertz CT molecular complexity index is 433. The normalized spacial score (nSPS) is 12.7. The number of carbonyl (C=O) groups is 1. The molecule has 0 aliphatic heterocycles. The first-order valence-corrected chi connectivity index (χ1v) is 6.54. The molecule has 0 heterocycles. The predicted octanol–water partition coefficient (Wildman–Crippen LogP) is 1.35. The van der Waals surface area contributed by atoms with Crippen molar-refractivity contribution in [3.8, 4) is 5.75 Å². The molecule has 98 valence electrons. The lowest BCUT2D eigenvalue weighted by atomic mass is 10.2. The fraction of sp³-hybridized carbons (Fsp3) is 0.364. The van der Waals surface area contributed by atoms with Gasteiger partial charge in [-0.3, -0.25) is 0 Å². The molecule has 0 saturated carbocycles. The Morgan fingerprint density at radius 3 is 2.83 bits per heavy atom. The number of carbonyl (C=O) groups excluding carboxylic acids is 1. The largest absolute Gasteiger partial charge is 0.542 e. The van der Waals surface area contributed by atoms with Gasteiger partial charge in [-0.25, -0.2) is 4.79 Å². The zero-order chi connectivity index (χ0) is 13.5. The van der Waals surface area contributed by atoms with E-state index < -0.39 is 19.8 Å². The molecule has 0 aromatic heterocycles. The highest BCUT2D eigenvalue weighted by Gasteiger charge is 2.28. The van der Waals surface area contributed by atoms with Crippen LogP contribution < -0.4 is 4.74 Å². The van der Waals surface area contributed by atoms with Crippen LogP contribution in [-0.2, 0) is 14.1 Å². The van der Waals surface area contributed by atoms with E-state index >= 15 is 0 Å². The van der Waals surface area contributed by atoms with Gasteiger partial charge >= 0.3 is 19.8 Å². The number of aliphatic hydroxyl groups excluding tert-OH is 1. The van der Waals surface area contributed by atoms with Crippen molar-refractivity contribution in [2.75, 3.05) is 13.2 Å². The van der Waals surface area contributed by atoms with Crippen molar-refractivity contribution in [1.29, 1.82) is 0 Å². The van der Waals surface area contributed by atoms with Gasteiger partial charge in [0.1, 0.15) is 5.75 Å². The van der Waals surface area contributed by atoms with E-state index in [1.54, 1.807) is 19.1 Å². The predicted molar refractivity (Wildman–Crippen MR) is 63.4 cm³/mol. The molecule has 6 nitrogen and oxygen atoms in total. The fourth-order valence-electron chi connectivity index (χ4n) is 1.24. The summed E-state index contributed by atoms with van der Waals surface area (Å²) in [5.41, 5.74) is 0.250. The number of ether oxygens (including phenoxy) is 2. The molecule has 1 aromatic carbocycles. The smallest absolute Gasteiger partial charge is 0.482 e. The average molecular weight is 273 g/mol. The Morgan fingerprint density at radius 2 is 2.22 bits per heavy atom. The van der Waals surface area contributed by atoms with Crippen molar-refractivity contribution < 1.29 is 28.8 Å². The SMILES string of the molecule is CCOC(=O)COc1cccc(C(O)[P+](=O)O)c1. The number of hydrogen-bond donors (Lipinski definition) is 2. The molecule has 0 spiro atoms. The fourth-order valence-corrected chi connectivity index (χ4v) is 1.65. The van der Waals surface area contributed by atoms with Crippen LogP contribution in [0.1, 0.15) is 18.3 Å². The molecule has 0 radical (unpaired) electrons. The van der Waals surface area contributed by atoms with E-state index in [1.165, 1.54) is 12.1 Å². The second kappa shape index (κ2) is 7.06. The molecule has 1 aromatic rings. The first kappa shape index (κ1) is 14.6. The standard InChI is InChI=1S/C11H13O6P/c1-2-16-10(12)7-17-9-5-3-4-8(6-9)11(13)18(14)15/h3-6,11,13H,2,7H2,1H3/p+1. The summed E-state index contributed by atoms with van der Waals surface area (Å²) in [4.78, 5) is 19.9. The topological polar surface area (TPSA) is 93.1 Å². The van der Waals surface area contributed by atoms with Gasteiger partial charge in [0, 0.05) is 5.56 Å². The molecule has 2 unspecified atom stereocenters. The van der Waals surface area contributed by atoms with Gasteiger partial charge in [0.2, 0.25) is 0 Å². The number of benzene rings is 1. The minimum absolute atomic E-state index is 0.250. The Kier molecular flexibility index (Phi) is 5.71. The Hall–Kier alpha value is -1.49. The van der Waals surface area contributed by atoms with Crippen LogP contribution in [0, 0.1) is 0 Å². The van der Waals surface area contributed by atoms with E-state index in [9.17, 15) is 14.5 Å². The van der Waals surface area contributed by atoms with Crippen molar-refractivity contribution in [2.45, 2.75) is 12.8 Å². The third kappa shape index (κ3) is 4.41. The van der Waals surface area contributed by atoms with Gasteiger partial charge in [0.25, 0.3) is 0 Å². The van der Waals surface area contributed by atoms with E-state index in [0.717, 1.165) is 0 Å². The molecule has 0 bridgehead atoms. The molecule has 7 heteroatoms. The third-order valence-electron chi connectivity index (χ3n) is 2.03. The van der Waals surface area contributed by atoms with Crippen LogP contribution in [0.25, 0.3) is 0 Å². The molecule has 0 amide bonds. The zero-order valence-corrected chi connectivity index (χ0v) is 10.7. The number of esters is 1. The second-order valence-corrected chi connectivity index (χ2v) is 4.44. The summed E-state index contributed by atoms with van der Waals surface area (Å²) in [6.45, 7) is 1.71. The molecule has 0 saturated heterocycles. The summed E-state index contributed by atoms with van der Waals surface area (Å²) in [6, 6.07) is 6.01. The third-order valence-corrected chi connectivity index (χ3v) is 2.74. The quantitative estimate of drug-likeness (QED) is 0.600. The lowest BCUT2D eigenvalue weighted by Crippen LogP contribution is -2.14. The molecular formula is C11H14O6P+. The minimum atomic E-state index is -2.72. The summed E-state index contributed by atoms with van der Waals surface area (Å²) in [5.74, 6) is -1.65. The van der Waals surface area contributed by atoms with Crippen LogP contribution in [0.5, 0.6) is 5.75 Å². The van der Waals surface area contributed by atoms with E-state index in [-0.39, 0.29) is 18.8 Å². The molecule has 0 fully saturated rings. The van der Waals surface area contributed by atoms with Crippen LogP contribution in [0.3, 0.4) is 0 Å². The number of aliphatic hydroxyl groups is 1. The average Bonchev–Trinajstić information content (AvgIpc) is 2.36. The van der Waals surface area contributed by atoms with Crippen LogP contribution >= 0.6 is 8.03 Å². The van der Waals surface area contributed by atoms with E-state index in [2.05, 4.69) is 4.74 Å². The first-order chi connectivity index (χ1) is 8.54. The summed E-state index contributed by atoms with van der Waals surface area (Å²) in [7, 11) is -2.72. The Labute approximate surface area is 105 Å². The van der Waals surface area contributed by atoms with Crippen molar-refractivity contribution in [3.05, 3.63) is 29.8 Å². The first-order valence-electron chi connectivity index (χ1n) is 5.26. The number of hydrogen-bond acceptors (Lipinski definition) is 5. The maximum atomic E-state index is 11.1. The van der Waals surface area contributed by atoms with Gasteiger partial charge in [-0.05, 0) is 23.6 Å². The maximum absolute atomic E-state index is 11.1. The van der Waals surface area contributed by atoms with Crippen molar-refractivity contribution in [2.24, 2.45) is 0 Å². The summed E-state index contributed by atoms with van der Waals surface area (Å²) in [6.07, 6.45) is 0. The molecule has 2 N–H and O–H groups in total. The zero-order valence-electron chi connectivity index (χ0n) is 9.78. The highest BCUT2D eigenvalue weighted by Crippen LogP contribution is 2.35. The van der Waals surface area contributed by atoms with Crippen LogP contribution in [-0.4, -0.2) is 29.2 Å². The lowest BCUT2D eigenvalue weighted by Gasteiger charge is -2.06. The van der Waals surface area contributed by atoms with Crippen molar-refractivity contribution in [1.82, 2.24) is 0 Å². The van der Waals surface area contributed by atoms with E-state index in [0.29, 0.717) is 5.75 Å². The van der Waals surface area contributed by atoms with E-state index in [4.69, 9.17) is 9.63 Å². The monoisotopic (exact) mass is 273 g/mol. The highest BCUT2D eigenvalue weighted by atomic mass is 31.1. The van der Waals surface area contributed by atoms with Gasteiger partial charge in [-0.1, -0.05) is 12.1 Å². The van der Waals surface area contributed by atoms with E-state index in [1.807, 2.05) is 0 Å². The van der Waals surface area contributed by atoms with Gasteiger partial charge in [0.15, 0.2) is 6.61 Å². The second-order valence-electron chi connectivity index (χ2n) is 3.34. The Morgan fingerprint density at radius 1 is 1.50 bits per heavy atom. The van der Waals surface area contributed by atoms with Gasteiger partial charge < -0.3 is 14.6 Å². The molecule has 2 atom stereocenters. The molecular weight excluding hydrogens is 259 g/mol. The lowest BCUT2D eigenvalue weighted by molar-refractivity contribution is -0.145. The van der Waals surface area contributed by atoms with Crippen LogP contribution in [0.4, 0.5) is 0 Å². The van der Waals surface area contributed by atoms with Crippen molar-refractivity contribution >= 4 is 14.0 Å². The molecule has 0 aliphatic carbocycles. The highest BCUT2D eigenvalue weighted by molar-refractivity contribution is 7.38. The number of rotatable bonds is 6. The molecule has 1 rings (SSSR count). The minimum Gasteiger partial charge on any atom is -0.482 e. The summed E-state index contributed by atoms with van der Waals surface area (Å²) in [5, 5.41) is 9.40. The summed E-state index contributed by atoms with van der Waals surface area (Å²) >= 11 is 0. The Balaban J connectivity index is 2.65. The maximum Gasteiger partial charge on any atom is 0.542 e. The van der Waals surface area contributed by atoms with Crippen molar-refractivity contribution in [3.63, 3.8) is 0 Å². The van der Waals surface area contributed by atoms with Gasteiger partial charge in [0.05, 0.1) is 6.61 Å². The van der Waals surface area contributed by atoms with Crippen LogP contribution in [0.2, 0.25) is 0 Å². The van der Waals surface area contributed by atoms with Gasteiger partial charge in [-0.15, -0.1) is 0 Å². The summed E-state index contributed by atoms with van der Waals surface area (Å²) < 4.78 is 20.6. The molecule has 18 heavy (non-hydrogen) atoms.